The lowest BCUT2D eigenvalue weighted by Crippen LogP contribution is -2.25. The molecule has 0 saturated carbocycles. The van der Waals surface area contributed by atoms with E-state index in [1.807, 2.05) is 24.4 Å². The highest BCUT2D eigenvalue weighted by molar-refractivity contribution is 9.10. The Morgan fingerprint density at radius 1 is 1.27 bits per heavy atom. The van der Waals surface area contributed by atoms with E-state index in [9.17, 15) is 4.79 Å². The summed E-state index contributed by atoms with van der Waals surface area (Å²) in [7, 11) is 0. The van der Waals surface area contributed by atoms with Crippen LogP contribution in [0.25, 0.3) is 5.78 Å². The van der Waals surface area contributed by atoms with Crippen molar-refractivity contribution in [3.05, 3.63) is 58.6 Å². The molecule has 1 N–H and O–H groups in total. The van der Waals surface area contributed by atoms with Crippen LogP contribution in [0.3, 0.4) is 0 Å². The van der Waals surface area contributed by atoms with Crippen LogP contribution in [0.2, 0.25) is 0 Å². The average molecular weight is 360 g/mol. The van der Waals surface area contributed by atoms with Gasteiger partial charge in [-0.1, -0.05) is 12.1 Å². The van der Waals surface area contributed by atoms with E-state index in [-0.39, 0.29) is 5.91 Å². The summed E-state index contributed by atoms with van der Waals surface area (Å²) < 4.78 is 2.45. The molecule has 0 radical (unpaired) electrons. The van der Waals surface area contributed by atoms with Crippen LogP contribution in [0.1, 0.15) is 22.3 Å². The molecule has 0 aliphatic rings. The molecule has 0 atom stereocenters. The molecule has 0 aliphatic carbocycles. The van der Waals surface area contributed by atoms with Crippen LogP contribution in [-0.2, 0) is 6.42 Å². The van der Waals surface area contributed by atoms with Crippen LogP contribution in [0.15, 0.2) is 47.5 Å². The molecule has 0 unspecified atom stereocenters. The topological polar surface area (TPSA) is 72.2 Å². The molecule has 22 heavy (non-hydrogen) atoms. The second-order valence-corrected chi connectivity index (χ2v) is 5.66. The molecular formula is C15H14BrN5O. The van der Waals surface area contributed by atoms with Crippen molar-refractivity contribution in [2.75, 3.05) is 6.54 Å². The molecule has 0 fully saturated rings. The maximum Gasteiger partial charge on any atom is 0.252 e. The molecule has 1 aromatic carbocycles. The fraction of sp³-hybridized carbons (Fsp3) is 0.200. The Labute approximate surface area is 135 Å². The quantitative estimate of drug-likeness (QED) is 0.709. The van der Waals surface area contributed by atoms with Crippen LogP contribution >= 0.6 is 15.9 Å². The number of amides is 1. The van der Waals surface area contributed by atoms with Crippen LogP contribution in [-0.4, -0.2) is 32.0 Å². The predicted molar refractivity (Wildman–Crippen MR) is 85.6 cm³/mol. The molecule has 0 aliphatic heterocycles. The first kappa shape index (κ1) is 14.6. The Morgan fingerprint density at radius 3 is 3.00 bits per heavy atom. The fourth-order valence-corrected chi connectivity index (χ4v) is 2.59. The fourth-order valence-electron chi connectivity index (χ4n) is 2.12. The van der Waals surface area contributed by atoms with Crippen molar-refractivity contribution in [3.63, 3.8) is 0 Å². The van der Waals surface area contributed by atoms with E-state index in [2.05, 4.69) is 36.3 Å². The van der Waals surface area contributed by atoms with E-state index in [1.165, 1.54) is 6.33 Å². The molecule has 3 aromatic rings. The first-order chi connectivity index (χ1) is 10.7. The number of carbonyl (C=O) groups is 1. The zero-order valence-electron chi connectivity index (χ0n) is 11.7. The number of rotatable bonds is 5. The number of nitrogens with zero attached hydrogens (tertiary/aromatic N) is 4. The van der Waals surface area contributed by atoms with Crippen LogP contribution in [0.4, 0.5) is 0 Å². The Kier molecular flexibility index (Phi) is 4.43. The molecule has 112 valence electrons. The van der Waals surface area contributed by atoms with Gasteiger partial charge in [0.1, 0.15) is 6.33 Å². The number of aryl methyl sites for hydroxylation is 1. The third-order valence-electron chi connectivity index (χ3n) is 3.23. The van der Waals surface area contributed by atoms with Crippen LogP contribution in [0.5, 0.6) is 0 Å². The van der Waals surface area contributed by atoms with Crippen LogP contribution < -0.4 is 5.32 Å². The van der Waals surface area contributed by atoms with Gasteiger partial charge in [-0.3, -0.25) is 4.79 Å². The van der Waals surface area contributed by atoms with Gasteiger partial charge >= 0.3 is 0 Å². The minimum absolute atomic E-state index is 0.0719. The summed E-state index contributed by atoms with van der Waals surface area (Å²) in [5.74, 6) is 0.517. The molecule has 3 rings (SSSR count). The molecule has 2 aromatic heterocycles. The number of hydrogen-bond acceptors (Lipinski definition) is 4. The first-order valence-electron chi connectivity index (χ1n) is 6.91. The second-order valence-electron chi connectivity index (χ2n) is 4.81. The number of benzene rings is 1. The van der Waals surface area contributed by atoms with Crippen molar-refractivity contribution in [1.82, 2.24) is 24.9 Å². The SMILES string of the molecule is O=C(NCCCc1cnc2ncnn2c1)c1ccccc1Br. The van der Waals surface area contributed by atoms with Crippen molar-refractivity contribution in [2.45, 2.75) is 12.8 Å². The third kappa shape index (κ3) is 3.30. The van der Waals surface area contributed by atoms with Gasteiger partial charge in [0.2, 0.25) is 0 Å². The number of carbonyl (C=O) groups excluding carboxylic acids is 1. The molecule has 0 spiro atoms. The van der Waals surface area contributed by atoms with Gasteiger partial charge in [0.15, 0.2) is 0 Å². The van der Waals surface area contributed by atoms with Gasteiger partial charge in [-0.25, -0.2) is 9.50 Å². The summed E-state index contributed by atoms with van der Waals surface area (Å²) in [6.45, 7) is 0.607. The van der Waals surface area contributed by atoms with Crippen molar-refractivity contribution >= 4 is 27.6 Å². The molecule has 2 heterocycles. The van der Waals surface area contributed by atoms with Crippen molar-refractivity contribution in [2.24, 2.45) is 0 Å². The Hall–Kier alpha value is -2.28. The highest BCUT2D eigenvalue weighted by Crippen LogP contribution is 2.15. The van der Waals surface area contributed by atoms with Gasteiger partial charge in [-0.15, -0.1) is 0 Å². The van der Waals surface area contributed by atoms with E-state index >= 15 is 0 Å². The molecule has 7 heteroatoms. The Bertz CT molecular complexity index is 801. The molecule has 6 nitrogen and oxygen atoms in total. The predicted octanol–water partition coefficient (Wildman–Crippen LogP) is 2.25. The molecule has 0 saturated heterocycles. The van der Waals surface area contributed by atoms with Gasteiger partial charge in [0, 0.05) is 23.4 Å². The maximum absolute atomic E-state index is 12.0. The number of halogens is 1. The summed E-state index contributed by atoms with van der Waals surface area (Å²) in [4.78, 5) is 20.3. The highest BCUT2D eigenvalue weighted by Gasteiger charge is 2.08. The summed E-state index contributed by atoms with van der Waals surface area (Å²) in [5.41, 5.74) is 1.71. The number of hydrogen-bond donors (Lipinski definition) is 1. The smallest absolute Gasteiger partial charge is 0.252 e. The van der Waals surface area contributed by atoms with Crippen molar-refractivity contribution in [3.8, 4) is 0 Å². The normalized spacial score (nSPS) is 10.8. The Balaban J connectivity index is 1.51. The van der Waals surface area contributed by atoms with Gasteiger partial charge in [-0.05, 0) is 46.5 Å². The monoisotopic (exact) mass is 359 g/mol. The van der Waals surface area contributed by atoms with Gasteiger partial charge in [0.05, 0.1) is 5.56 Å². The lowest BCUT2D eigenvalue weighted by Gasteiger charge is -2.06. The minimum atomic E-state index is -0.0719. The maximum atomic E-state index is 12.0. The summed E-state index contributed by atoms with van der Waals surface area (Å²) in [5, 5.41) is 6.97. The van der Waals surface area contributed by atoms with Gasteiger partial charge in [-0.2, -0.15) is 10.1 Å². The standard InChI is InChI=1S/C15H14BrN5O/c16-13-6-2-1-5-12(13)14(22)17-7-3-4-11-8-18-15-19-10-20-21(15)9-11/h1-2,5-6,8-10H,3-4,7H2,(H,17,22). The number of nitrogens with one attached hydrogen (secondary N) is 1. The van der Waals surface area contributed by atoms with E-state index in [0.29, 0.717) is 17.9 Å². The Morgan fingerprint density at radius 2 is 2.14 bits per heavy atom. The van der Waals surface area contributed by atoms with E-state index in [0.717, 1.165) is 22.9 Å². The number of aromatic nitrogens is 4. The molecular weight excluding hydrogens is 346 g/mol. The van der Waals surface area contributed by atoms with Crippen molar-refractivity contribution < 1.29 is 4.79 Å². The summed E-state index contributed by atoms with van der Waals surface area (Å²) >= 11 is 3.38. The van der Waals surface area contributed by atoms with E-state index < -0.39 is 0 Å². The lowest BCUT2D eigenvalue weighted by atomic mass is 10.2. The summed E-state index contributed by atoms with van der Waals surface area (Å²) in [6, 6.07) is 7.38. The van der Waals surface area contributed by atoms with E-state index in [4.69, 9.17) is 0 Å². The average Bonchev–Trinajstić information content (AvgIpc) is 2.99. The lowest BCUT2D eigenvalue weighted by molar-refractivity contribution is 0.0952. The van der Waals surface area contributed by atoms with Crippen molar-refractivity contribution in [1.29, 1.82) is 0 Å². The first-order valence-corrected chi connectivity index (χ1v) is 7.70. The number of fused-ring (bicyclic) bond motifs is 1. The zero-order chi connectivity index (χ0) is 15.4. The van der Waals surface area contributed by atoms with Gasteiger partial charge < -0.3 is 5.32 Å². The zero-order valence-corrected chi connectivity index (χ0v) is 13.3. The largest absolute Gasteiger partial charge is 0.352 e. The van der Waals surface area contributed by atoms with E-state index in [1.54, 1.807) is 16.8 Å². The van der Waals surface area contributed by atoms with Crippen LogP contribution in [0, 0.1) is 0 Å². The third-order valence-corrected chi connectivity index (χ3v) is 3.93. The molecule has 1 amide bonds. The van der Waals surface area contributed by atoms with Gasteiger partial charge in [0.25, 0.3) is 11.7 Å². The minimum Gasteiger partial charge on any atom is -0.352 e. The molecule has 0 bridgehead atoms. The second kappa shape index (κ2) is 6.65. The summed E-state index contributed by atoms with van der Waals surface area (Å²) in [6.07, 6.45) is 6.83. The highest BCUT2D eigenvalue weighted by atomic mass is 79.9.